The van der Waals surface area contributed by atoms with Crippen LogP contribution in [0.5, 0.6) is 0 Å². The summed E-state index contributed by atoms with van der Waals surface area (Å²) in [5.41, 5.74) is 6.83. The van der Waals surface area contributed by atoms with Crippen molar-refractivity contribution in [1.29, 1.82) is 0 Å². The Morgan fingerprint density at radius 3 is 2.78 bits per heavy atom. The Labute approximate surface area is 108 Å². The van der Waals surface area contributed by atoms with Gasteiger partial charge in [0, 0.05) is 31.5 Å². The minimum absolute atomic E-state index is 0.147. The van der Waals surface area contributed by atoms with E-state index >= 15 is 0 Å². The van der Waals surface area contributed by atoms with Crippen LogP contribution in [0, 0.1) is 0 Å². The van der Waals surface area contributed by atoms with Crippen molar-refractivity contribution in [2.45, 2.75) is 39.5 Å². The van der Waals surface area contributed by atoms with E-state index in [1.165, 1.54) is 0 Å². The highest BCUT2D eigenvalue weighted by atomic mass is 16.5. The molecule has 1 aromatic heterocycles. The van der Waals surface area contributed by atoms with Crippen molar-refractivity contribution in [1.82, 2.24) is 9.47 Å². The molecule has 100 valence electrons. The fourth-order valence-corrected chi connectivity index (χ4v) is 2.05. The van der Waals surface area contributed by atoms with E-state index < -0.39 is 0 Å². The van der Waals surface area contributed by atoms with E-state index in [-0.39, 0.29) is 11.5 Å². The van der Waals surface area contributed by atoms with Crippen molar-refractivity contribution in [3.8, 4) is 0 Å². The first kappa shape index (κ1) is 13.1. The Hall–Kier alpha value is -1.33. The van der Waals surface area contributed by atoms with E-state index in [1.807, 2.05) is 27.0 Å². The summed E-state index contributed by atoms with van der Waals surface area (Å²) in [4.78, 5) is 13.5. The summed E-state index contributed by atoms with van der Waals surface area (Å²) in [5, 5.41) is 0. The lowest BCUT2D eigenvalue weighted by atomic mass is 10.2. The van der Waals surface area contributed by atoms with Gasteiger partial charge in [-0.15, -0.1) is 0 Å². The van der Waals surface area contributed by atoms with Gasteiger partial charge in [-0.2, -0.15) is 0 Å². The Morgan fingerprint density at radius 2 is 2.17 bits per heavy atom. The number of carbonyl (C=O) groups excluding carboxylic acids is 1. The molecule has 0 unspecified atom stereocenters. The van der Waals surface area contributed by atoms with Crippen molar-refractivity contribution >= 4 is 5.91 Å². The zero-order valence-corrected chi connectivity index (χ0v) is 11.3. The second kappa shape index (κ2) is 4.74. The molecule has 0 aliphatic carbocycles. The number of hydrogen-bond donors (Lipinski definition) is 1. The number of rotatable bonds is 3. The molecule has 0 spiro atoms. The lowest BCUT2D eigenvalue weighted by Crippen LogP contribution is -2.38. The Bertz CT molecular complexity index is 446. The van der Waals surface area contributed by atoms with Crippen LogP contribution in [0.25, 0.3) is 0 Å². The first-order valence-electron chi connectivity index (χ1n) is 6.21. The topological polar surface area (TPSA) is 60.5 Å². The highest BCUT2D eigenvalue weighted by molar-refractivity contribution is 5.94. The maximum absolute atomic E-state index is 11.3. The highest BCUT2D eigenvalue weighted by Gasteiger charge is 2.22. The summed E-state index contributed by atoms with van der Waals surface area (Å²) >= 11 is 0. The van der Waals surface area contributed by atoms with Crippen molar-refractivity contribution in [2.75, 3.05) is 13.3 Å². The number of fused-ring (bicyclic) bond motifs is 1. The van der Waals surface area contributed by atoms with E-state index in [2.05, 4.69) is 9.47 Å². The Balaban J connectivity index is 2.04. The second-order valence-corrected chi connectivity index (χ2v) is 5.67. The van der Waals surface area contributed by atoms with Crippen molar-refractivity contribution < 1.29 is 9.53 Å². The average molecular weight is 251 g/mol. The SMILES string of the molecule is CC(C)(C)OCN1CCn2ccc(C(N)=O)c2C1. The monoisotopic (exact) mass is 251 g/mol. The van der Waals surface area contributed by atoms with Gasteiger partial charge in [0.2, 0.25) is 0 Å². The van der Waals surface area contributed by atoms with Crippen LogP contribution in [-0.2, 0) is 17.8 Å². The van der Waals surface area contributed by atoms with E-state index in [0.717, 1.165) is 18.8 Å². The molecule has 0 saturated carbocycles. The quantitative estimate of drug-likeness (QED) is 0.877. The molecule has 0 atom stereocenters. The first-order chi connectivity index (χ1) is 8.37. The van der Waals surface area contributed by atoms with Crippen LogP contribution in [0.4, 0.5) is 0 Å². The number of hydrogen-bond acceptors (Lipinski definition) is 3. The van der Waals surface area contributed by atoms with Gasteiger partial charge in [-0.05, 0) is 26.8 Å². The summed E-state index contributed by atoms with van der Waals surface area (Å²) in [5.74, 6) is -0.359. The van der Waals surface area contributed by atoms with Crippen LogP contribution < -0.4 is 5.73 Å². The summed E-state index contributed by atoms with van der Waals surface area (Å²) in [6.45, 7) is 9.19. The smallest absolute Gasteiger partial charge is 0.250 e. The molecule has 2 heterocycles. The first-order valence-corrected chi connectivity index (χ1v) is 6.21. The third-order valence-corrected chi connectivity index (χ3v) is 3.05. The molecule has 1 aromatic rings. The fourth-order valence-electron chi connectivity index (χ4n) is 2.05. The molecule has 5 heteroatoms. The molecule has 5 nitrogen and oxygen atoms in total. The predicted molar refractivity (Wildman–Crippen MR) is 69.1 cm³/mol. The zero-order valence-electron chi connectivity index (χ0n) is 11.3. The van der Waals surface area contributed by atoms with E-state index in [1.54, 1.807) is 6.07 Å². The maximum atomic E-state index is 11.3. The van der Waals surface area contributed by atoms with Crippen LogP contribution in [0.3, 0.4) is 0 Å². The van der Waals surface area contributed by atoms with Gasteiger partial charge >= 0.3 is 0 Å². The summed E-state index contributed by atoms with van der Waals surface area (Å²) in [6, 6.07) is 1.80. The number of carbonyl (C=O) groups is 1. The third-order valence-electron chi connectivity index (χ3n) is 3.05. The van der Waals surface area contributed by atoms with E-state index in [4.69, 9.17) is 10.5 Å². The molecular formula is C13H21N3O2. The minimum atomic E-state index is -0.359. The lowest BCUT2D eigenvalue weighted by Gasteiger charge is -2.31. The molecule has 1 aliphatic rings. The number of ether oxygens (including phenoxy) is 1. The van der Waals surface area contributed by atoms with Gasteiger partial charge in [0.05, 0.1) is 11.2 Å². The number of amides is 1. The molecule has 2 N–H and O–H groups in total. The predicted octanol–water partition coefficient (Wildman–Crippen LogP) is 1.18. The van der Waals surface area contributed by atoms with Crippen LogP contribution in [-0.4, -0.2) is 34.3 Å². The van der Waals surface area contributed by atoms with Gasteiger partial charge in [-0.25, -0.2) is 0 Å². The number of primary amides is 1. The number of nitrogens with two attached hydrogens (primary N) is 1. The second-order valence-electron chi connectivity index (χ2n) is 5.67. The Kier molecular flexibility index (Phi) is 3.45. The molecule has 0 aromatic carbocycles. The lowest BCUT2D eigenvalue weighted by molar-refractivity contribution is -0.0705. The number of aromatic nitrogens is 1. The summed E-state index contributed by atoms with van der Waals surface area (Å²) in [7, 11) is 0. The van der Waals surface area contributed by atoms with Crippen LogP contribution in [0.1, 0.15) is 36.8 Å². The van der Waals surface area contributed by atoms with Gasteiger partial charge in [-0.3, -0.25) is 9.69 Å². The molecule has 1 amide bonds. The van der Waals surface area contributed by atoms with Crippen molar-refractivity contribution in [3.63, 3.8) is 0 Å². The maximum Gasteiger partial charge on any atom is 0.250 e. The van der Waals surface area contributed by atoms with Crippen LogP contribution >= 0.6 is 0 Å². The highest BCUT2D eigenvalue weighted by Crippen LogP contribution is 2.19. The third kappa shape index (κ3) is 2.91. The fraction of sp³-hybridized carbons (Fsp3) is 0.615. The van der Waals surface area contributed by atoms with Crippen LogP contribution in [0.2, 0.25) is 0 Å². The normalized spacial score (nSPS) is 16.6. The minimum Gasteiger partial charge on any atom is -0.366 e. The van der Waals surface area contributed by atoms with Crippen molar-refractivity contribution in [3.05, 3.63) is 23.5 Å². The standard InChI is InChI=1S/C13H21N3O2/c1-13(2,3)18-9-15-6-7-16-5-4-10(12(14)17)11(16)8-15/h4-5H,6-9H2,1-3H3,(H2,14,17). The van der Waals surface area contributed by atoms with Gasteiger partial charge in [-0.1, -0.05) is 0 Å². The zero-order chi connectivity index (χ0) is 13.3. The molecule has 1 aliphatic heterocycles. The van der Waals surface area contributed by atoms with Gasteiger partial charge in [0.25, 0.3) is 5.91 Å². The van der Waals surface area contributed by atoms with E-state index in [9.17, 15) is 4.79 Å². The average Bonchev–Trinajstić information content (AvgIpc) is 2.68. The molecule has 2 rings (SSSR count). The number of nitrogens with zero attached hydrogens (tertiary/aromatic N) is 2. The molecule has 0 radical (unpaired) electrons. The van der Waals surface area contributed by atoms with Gasteiger partial charge in [0.1, 0.15) is 6.73 Å². The molecule has 0 bridgehead atoms. The van der Waals surface area contributed by atoms with Gasteiger partial charge < -0.3 is 15.0 Å². The molecule has 0 saturated heterocycles. The molecular weight excluding hydrogens is 230 g/mol. The molecule has 0 fully saturated rings. The van der Waals surface area contributed by atoms with E-state index in [0.29, 0.717) is 18.8 Å². The van der Waals surface area contributed by atoms with Gasteiger partial charge in [0.15, 0.2) is 0 Å². The Morgan fingerprint density at radius 1 is 1.44 bits per heavy atom. The van der Waals surface area contributed by atoms with Crippen LogP contribution in [0.15, 0.2) is 12.3 Å². The van der Waals surface area contributed by atoms with Crippen molar-refractivity contribution in [2.24, 2.45) is 5.73 Å². The summed E-state index contributed by atoms with van der Waals surface area (Å²) in [6.07, 6.45) is 1.93. The largest absolute Gasteiger partial charge is 0.366 e. The molecule has 18 heavy (non-hydrogen) atoms. The summed E-state index contributed by atoms with van der Waals surface area (Å²) < 4.78 is 7.85.